The molecule has 0 aromatic carbocycles. The van der Waals surface area contributed by atoms with Crippen molar-refractivity contribution in [1.82, 2.24) is 14.9 Å². The Morgan fingerprint density at radius 3 is 2.88 bits per heavy atom. The van der Waals surface area contributed by atoms with Gasteiger partial charge in [-0.25, -0.2) is 4.98 Å². The molecule has 1 rings (SSSR count). The van der Waals surface area contributed by atoms with Crippen molar-refractivity contribution < 1.29 is 9.90 Å². The Hall–Kier alpha value is -1.01. The third-order valence-electron chi connectivity index (χ3n) is 1.99. The third-order valence-corrected chi connectivity index (χ3v) is 3.03. The molecule has 16 heavy (non-hydrogen) atoms. The predicted octanol–water partition coefficient (Wildman–Crippen LogP) is 0.529. The lowest BCUT2D eigenvalue weighted by molar-refractivity contribution is -0.119. The molecule has 2 N–H and O–H groups in total. The van der Waals surface area contributed by atoms with E-state index in [2.05, 4.69) is 10.3 Å². The number of imidazole rings is 1. The zero-order chi connectivity index (χ0) is 12.1. The summed E-state index contributed by atoms with van der Waals surface area (Å²) in [6.07, 6.45) is 1.61. The number of amides is 1. The van der Waals surface area contributed by atoms with E-state index in [1.807, 2.05) is 20.9 Å². The molecule has 90 valence electrons. The smallest absolute Gasteiger partial charge is 0.230 e. The summed E-state index contributed by atoms with van der Waals surface area (Å²) >= 11 is 1.36. The van der Waals surface area contributed by atoms with E-state index in [9.17, 15) is 4.79 Å². The Kier molecular flexibility index (Phi) is 4.82. The molecule has 0 aliphatic rings. The van der Waals surface area contributed by atoms with Crippen LogP contribution in [-0.2, 0) is 18.4 Å². The maximum absolute atomic E-state index is 11.4. The molecule has 0 bridgehead atoms. The molecular formula is C10H17N3O2S. The predicted molar refractivity (Wildman–Crippen MR) is 63.1 cm³/mol. The maximum Gasteiger partial charge on any atom is 0.230 e. The summed E-state index contributed by atoms with van der Waals surface area (Å²) in [6.45, 7) is 3.81. The Labute approximate surface area is 99.3 Å². The van der Waals surface area contributed by atoms with E-state index >= 15 is 0 Å². The number of aliphatic hydroxyl groups is 1. The van der Waals surface area contributed by atoms with Gasteiger partial charge in [0.15, 0.2) is 5.16 Å². The highest BCUT2D eigenvalue weighted by Crippen LogP contribution is 2.16. The zero-order valence-corrected chi connectivity index (χ0v) is 10.5. The first-order valence-corrected chi connectivity index (χ1v) is 6.06. The van der Waals surface area contributed by atoms with Crippen molar-refractivity contribution in [2.75, 3.05) is 5.75 Å². The number of aromatic nitrogens is 2. The number of aliphatic hydroxyl groups excluding tert-OH is 1. The van der Waals surface area contributed by atoms with Crippen molar-refractivity contribution in [3.63, 3.8) is 0 Å². The summed E-state index contributed by atoms with van der Waals surface area (Å²) < 4.78 is 1.79. The van der Waals surface area contributed by atoms with Crippen LogP contribution in [-0.4, -0.2) is 32.4 Å². The van der Waals surface area contributed by atoms with Gasteiger partial charge in [0.2, 0.25) is 5.91 Å². The van der Waals surface area contributed by atoms with E-state index in [4.69, 9.17) is 5.11 Å². The molecule has 0 unspecified atom stereocenters. The maximum atomic E-state index is 11.4. The molecule has 0 aliphatic heterocycles. The number of nitrogens with zero attached hydrogens (tertiary/aromatic N) is 2. The van der Waals surface area contributed by atoms with Crippen LogP contribution in [0.3, 0.4) is 0 Å². The van der Waals surface area contributed by atoms with Crippen molar-refractivity contribution in [3.05, 3.63) is 11.9 Å². The topological polar surface area (TPSA) is 67.2 Å². The Bertz CT molecular complexity index is 363. The van der Waals surface area contributed by atoms with Gasteiger partial charge in [-0.15, -0.1) is 0 Å². The summed E-state index contributed by atoms with van der Waals surface area (Å²) in [5.74, 6) is 0.335. The molecule has 1 amide bonds. The van der Waals surface area contributed by atoms with Gasteiger partial charge in [0.25, 0.3) is 0 Å². The molecule has 6 heteroatoms. The molecule has 0 aliphatic carbocycles. The van der Waals surface area contributed by atoms with Crippen molar-refractivity contribution in [2.24, 2.45) is 7.05 Å². The Morgan fingerprint density at radius 2 is 2.38 bits per heavy atom. The minimum Gasteiger partial charge on any atom is -0.390 e. The fraction of sp³-hybridized carbons (Fsp3) is 0.600. The van der Waals surface area contributed by atoms with E-state index in [0.29, 0.717) is 5.75 Å². The summed E-state index contributed by atoms with van der Waals surface area (Å²) in [4.78, 5) is 15.5. The van der Waals surface area contributed by atoms with Crippen LogP contribution in [0.4, 0.5) is 0 Å². The number of thioether (sulfide) groups is 1. The second-order valence-electron chi connectivity index (χ2n) is 3.76. The van der Waals surface area contributed by atoms with Crippen LogP contribution in [0.15, 0.2) is 11.4 Å². The molecule has 1 aromatic heterocycles. The van der Waals surface area contributed by atoms with Gasteiger partial charge in [-0.3, -0.25) is 4.79 Å². The van der Waals surface area contributed by atoms with Crippen LogP contribution in [0.1, 0.15) is 19.5 Å². The highest BCUT2D eigenvalue weighted by atomic mass is 32.2. The number of hydrogen-bond donors (Lipinski definition) is 2. The Morgan fingerprint density at radius 1 is 1.69 bits per heavy atom. The van der Waals surface area contributed by atoms with Crippen molar-refractivity contribution >= 4 is 17.7 Å². The lowest BCUT2D eigenvalue weighted by Gasteiger charge is -2.08. The van der Waals surface area contributed by atoms with Crippen molar-refractivity contribution in [1.29, 1.82) is 0 Å². The lowest BCUT2D eigenvalue weighted by atomic mass is 10.4. The fourth-order valence-corrected chi connectivity index (χ4v) is 1.98. The quantitative estimate of drug-likeness (QED) is 0.740. The monoisotopic (exact) mass is 243 g/mol. The summed E-state index contributed by atoms with van der Waals surface area (Å²) in [5, 5.41) is 12.5. The lowest BCUT2D eigenvalue weighted by Crippen LogP contribution is -2.31. The normalized spacial score (nSPS) is 10.8. The number of hydrogen-bond acceptors (Lipinski definition) is 4. The highest BCUT2D eigenvalue weighted by molar-refractivity contribution is 7.99. The average Bonchev–Trinajstić information content (AvgIpc) is 2.55. The first-order valence-electron chi connectivity index (χ1n) is 5.08. The fourth-order valence-electron chi connectivity index (χ4n) is 1.20. The van der Waals surface area contributed by atoms with Crippen LogP contribution >= 0.6 is 11.8 Å². The number of carbonyl (C=O) groups is 1. The molecule has 0 saturated heterocycles. The minimum atomic E-state index is -0.0394. The van der Waals surface area contributed by atoms with E-state index in [-0.39, 0.29) is 18.6 Å². The molecule has 0 spiro atoms. The average molecular weight is 243 g/mol. The minimum absolute atomic E-state index is 0.00597. The summed E-state index contributed by atoms with van der Waals surface area (Å²) in [7, 11) is 1.82. The zero-order valence-electron chi connectivity index (χ0n) is 9.73. The van der Waals surface area contributed by atoms with Crippen molar-refractivity contribution in [2.45, 2.75) is 31.7 Å². The van der Waals surface area contributed by atoms with E-state index in [1.165, 1.54) is 11.8 Å². The largest absolute Gasteiger partial charge is 0.390 e. The first-order chi connectivity index (χ1) is 7.54. The van der Waals surface area contributed by atoms with Crippen LogP contribution in [0.2, 0.25) is 0 Å². The molecule has 1 aromatic rings. The van der Waals surface area contributed by atoms with Crippen LogP contribution < -0.4 is 5.32 Å². The number of nitrogens with one attached hydrogen (secondary N) is 1. The van der Waals surface area contributed by atoms with E-state index < -0.39 is 0 Å². The SMILES string of the molecule is CC(C)NC(=O)CSc1ncc(CO)n1C. The number of carbonyl (C=O) groups excluding carboxylic acids is 1. The second kappa shape index (κ2) is 5.91. The third kappa shape index (κ3) is 3.53. The molecule has 5 nitrogen and oxygen atoms in total. The van der Waals surface area contributed by atoms with Gasteiger partial charge in [-0.2, -0.15) is 0 Å². The summed E-state index contributed by atoms with van der Waals surface area (Å²) in [5.41, 5.74) is 0.742. The molecule has 0 radical (unpaired) electrons. The van der Waals surface area contributed by atoms with Gasteiger partial charge >= 0.3 is 0 Å². The molecule has 0 fully saturated rings. The standard InChI is InChI=1S/C10H17N3O2S/c1-7(2)12-9(15)6-16-10-11-4-8(5-14)13(10)3/h4,7,14H,5-6H2,1-3H3,(H,12,15). The molecular weight excluding hydrogens is 226 g/mol. The van der Waals surface area contributed by atoms with Gasteiger partial charge < -0.3 is 15.0 Å². The first kappa shape index (κ1) is 13.1. The number of rotatable bonds is 5. The molecule has 0 saturated carbocycles. The van der Waals surface area contributed by atoms with Crippen LogP contribution in [0.25, 0.3) is 0 Å². The second-order valence-corrected chi connectivity index (χ2v) is 4.70. The molecule has 0 atom stereocenters. The van der Waals surface area contributed by atoms with E-state index in [1.54, 1.807) is 10.8 Å². The van der Waals surface area contributed by atoms with E-state index in [0.717, 1.165) is 10.9 Å². The van der Waals surface area contributed by atoms with Crippen molar-refractivity contribution in [3.8, 4) is 0 Å². The van der Waals surface area contributed by atoms with Gasteiger partial charge in [0, 0.05) is 13.1 Å². The van der Waals surface area contributed by atoms with Gasteiger partial charge in [-0.1, -0.05) is 11.8 Å². The van der Waals surface area contributed by atoms with Gasteiger partial charge in [0.1, 0.15) is 0 Å². The highest BCUT2D eigenvalue weighted by Gasteiger charge is 2.09. The Balaban J connectivity index is 2.48. The van der Waals surface area contributed by atoms with Crippen LogP contribution in [0, 0.1) is 0 Å². The summed E-state index contributed by atoms with van der Waals surface area (Å²) in [6, 6.07) is 0.155. The van der Waals surface area contributed by atoms with Crippen LogP contribution in [0.5, 0.6) is 0 Å². The molecule has 1 heterocycles. The van der Waals surface area contributed by atoms with Gasteiger partial charge in [0.05, 0.1) is 24.3 Å². The van der Waals surface area contributed by atoms with Gasteiger partial charge in [-0.05, 0) is 13.8 Å².